The molecule has 0 bridgehead atoms. The van der Waals surface area contributed by atoms with Crippen molar-refractivity contribution in [2.75, 3.05) is 7.11 Å². The SMILES string of the molecule is COc1cc(Cl)cc(CNC(C(=O)O)C2CCC2)c1. The zero-order valence-electron chi connectivity index (χ0n) is 10.9. The van der Waals surface area contributed by atoms with Gasteiger partial charge in [-0.1, -0.05) is 18.0 Å². The molecule has 1 unspecified atom stereocenters. The second-order valence-electron chi connectivity index (χ2n) is 4.89. The largest absolute Gasteiger partial charge is 0.497 e. The number of methoxy groups -OCH3 is 1. The van der Waals surface area contributed by atoms with Crippen molar-refractivity contribution in [3.63, 3.8) is 0 Å². The number of rotatable bonds is 6. The summed E-state index contributed by atoms with van der Waals surface area (Å²) in [5.74, 6) is 0.150. The molecule has 0 aromatic heterocycles. The summed E-state index contributed by atoms with van der Waals surface area (Å²) in [6, 6.07) is 4.93. The maximum atomic E-state index is 11.2. The molecule has 1 aliphatic carbocycles. The molecule has 5 heteroatoms. The van der Waals surface area contributed by atoms with Gasteiger partial charge in [0.15, 0.2) is 0 Å². The van der Waals surface area contributed by atoms with Crippen LogP contribution in [0.1, 0.15) is 24.8 Å². The number of nitrogens with one attached hydrogen (secondary N) is 1. The van der Waals surface area contributed by atoms with Crippen molar-refractivity contribution in [1.82, 2.24) is 5.32 Å². The van der Waals surface area contributed by atoms with Crippen LogP contribution in [0.5, 0.6) is 5.75 Å². The van der Waals surface area contributed by atoms with E-state index in [1.807, 2.05) is 12.1 Å². The summed E-state index contributed by atoms with van der Waals surface area (Å²) < 4.78 is 5.14. The number of carbonyl (C=O) groups is 1. The van der Waals surface area contributed by atoms with E-state index in [-0.39, 0.29) is 5.92 Å². The predicted octanol–water partition coefficient (Wildman–Crippen LogP) is 2.69. The quantitative estimate of drug-likeness (QED) is 0.843. The number of halogens is 1. The Hall–Kier alpha value is -1.26. The Morgan fingerprint density at radius 1 is 1.53 bits per heavy atom. The van der Waals surface area contributed by atoms with Crippen molar-refractivity contribution >= 4 is 17.6 Å². The standard InChI is InChI=1S/C14H18ClNO3/c1-19-12-6-9(5-11(15)7-12)8-16-13(14(17)18)10-3-2-4-10/h5-7,10,13,16H,2-4,8H2,1H3,(H,17,18). The summed E-state index contributed by atoms with van der Waals surface area (Å²) in [6.45, 7) is 0.477. The van der Waals surface area contributed by atoms with Crippen LogP contribution < -0.4 is 10.1 Å². The monoisotopic (exact) mass is 283 g/mol. The molecule has 104 valence electrons. The van der Waals surface area contributed by atoms with Crippen molar-refractivity contribution in [2.24, 2.45) is 5.92 Å². The minimum absolute atomic E-state index is 0.249. The van der Waals surface area contributed by atoms with Gasteiger partial charge in [0.25, 0.3) is 0 Å². The Bertz CT molecular complexity index is 460. The van der Waals surface area contributed by atoms with E-state index in [0.717, 1.165) is 24.8 Å². The number of carboxylic acids is 1. The highest BCUT2D eigenvalue weighted by molar-refractivity contribution is 6.30. The zero-order chi connectivity index (χ0) is 13.8. The molecule has 0 saturated heterocycles. The fourth-order valence-corrected chi connectivity index (χ4v) is 2.54. The highest BCUT2D eigenvalue weighted by atomic mass is 35.5. The van der Waals surface area contributed by atoms with Crippen molar-refractivity contribution in [2.45, 2.75) is 31.8 Å². The fraction of sp³-hybridized carbons (Fsp3) is 0.500. The molecule has 2 N–H and O–H groups in total. The van der Waals surface area contributed by atoms with Crippen LogP contribution in [-0.2, 0) is 11.3 Å². The molecule has 2 rings (SSSR count). The summed E-state index contributed by atoms with van der Waals surface area (Å²) in [5, 5.41) is 12.9. The first-order valence-electron chi connectivity index (χ1n) is 6.40. The lowest BCUT2D eigenvalue weighted by molar-refractivity contribution is -0.142. The van der Waals surface area contributed by atoms with E-state index in [1.165, 1.54) is 0 Å². The third kappa shape index (κ3) is 3.61. The van der Waals surface area contributed by atoms with Crippen LogP contribution in [0.3, 0.4) is 0 Å². The zero-order valence-corrected chi connectivity index (χ0v) is 11.6. The van der Waals surface area contributed by atoms with Crippen molar-refractivity contribution in [1.29, 1.82) is 0 Å². The normalized spacial score (nSPS) is 16.7. The fourth-order valence-electron chi connectivity index (χ4n) is 2.30. The Morgan fingerprint density at radius 2 is 2.26 bits per heavy atom. The molecule has 0 heterocycles. The highest BCUT2D eigenvalue weighted by Gasteiger charge is 2.31. The lowest BCUT2D eigenvalue weighted by atomic mass is 9.79. The third-order valence-electron chi connectivity index (χ3n) is 3.58. The third-order valence-corrected chi connectivity index (χ3v) is 3.80. The predicted molar refractivity (Wildman–Crippen MR) is 73.6 cm³/mol. The van der Waals surface area contributed by atoms with E-state index in [0.29, 0.717) is 17.3 Å². The lowest BCUT2D eigenvalue weighted by Gasteiger charge is -2.31. The molecule has 0 amide bonds. The minimum Gasteiger partial charge on any atom is -0.497 e. The number of hydrogen-bond donors (Lipinski definition) is 2. The Morgan fingerprint density at radius 3 is 2.79 bits per heavy atom. The van der Waals surface area contributed by atoms with Crippen LogP contribution in [0, 0.1) is 5.92 Å². The van der Waals surface area contributed by atoms with Crippen LogP contribution in [0.4, 0.5) is 0 Å². The van der Waals surface area contributed by atoms with Crippen molar-refractivity contribution in [3.05, 3.63) is 28.8 Å². The number of benzene rings is 1. The first-order valence-corrected chi connectivity index (χ1v) is 6.77. The summed E-state index contributed by atoms with van der Waals surface area (Å²) in [6.07, 6.45) is 3.10. The van der Waals surface area contributed by atoms with Gasteiger partial charge in [0.05, 0.1) is 7.11 Å². The maximum Gasteiger partial charge on any atom is 0.320 e. The van der Waals surface area contributed by atoms with Gasteiger partial charge in [-0.15, -0.1) is 0 Å². The van der Waals surface area contributed by atoms with E-state index in [4.69, 9.17) is 16.3 Å². The Balaban J connectivity index is 2.00. The molecule has 4 nitrogen and oxygen atoms in total. The number of hydrogen-bond acceptors (Lipinski definition) is 3. The Kier molecular flexibility index (Phi) is 4.66. The smallest absolute Gasteiger partial charge is 0.320 e. The molecule has 0 spiro atoms. The second-order valence-corrected chi connectivity index (χ2v) is 5.32. The summed E-state index contributed by atoms with van der Waals surface area (Å²) in [5.41, 5.74) is 0.926. The molecule has 1 aromatic rings. The van der Waals surface area contributed by atoms with Crippen LogP contribution in [0.15, 0.2) is 18.2 Å². The van der Waals surface area contributed by atoms with E-state index in [1.54, 1.807) is 13.2 Å². The molecule has 1 aromatic carbocycles. The molecule has 0 aliphatic heterocycles. The van der Waals surface area contributed by atoms with E-state index in [2.05, 4.69) is 5.32 Å². The number of aliphatic carboxylic acids is 1. The molecule has 19 heavy (non-hydrogen) atoms. The second kappa shape index (κ2) is 6.26. The molecule has 1 saturated carbocycles. The molecule has 1 aliphatic rings. The molecule has 1 atom stereocenters. The number of carboxylic acid groups (broad SMARTS) is 1. The summed E-state index contributed by atoms with van der Waals surface area (Å²) in [4.78, 5) is 11.2. The first kappa shape index (κ1) is 14.2. The Labute approximate surface area is 117 Å². The van der Waals surface area contributed by atoms with Crippen molar-refractivity contribution in [3.8, 4) is 5.75 Å². The first-order chi connectivity index (χ1) is 9.10. The molecule has 1 fully saturated rings. The van der Waals surface area contributed by atoms with Gasteiger partial charge in [0.1, 0.15) is 11.8 Å². The minimum atomic E-state index is -0.779. The van der Waals surface area contributed by atoms with Crippen molar-refractivity contribution < 1.29 is 14.6 Å². The molecule has 0 radical (unpaired) electrons. The van der Waals surface area contributed by atoms with Gasteiger partial charge in [-0.3, -0.25) is 4.79 Å². The van der Waals surface area contributed by atoms with Gasteiger partial charge in [0, 0.05) is 11.6 Å². The number of ether oxygens (including phenoxy) is 1. The highest BCUT2D eigenvalue weighted by Crippen LogP contribution is 2.30. The lowest BCUT2D eigenvalue weighted by Crippen LogP contribution is -2.45. The van der Waals surface area contributed by atoms with E-state index >= 15 is 0 Å². The molecular formula is C14H18ClNO3. The van der Waals surface area contributed by atoms with Gasteiger partial charge in [0.2, 0.25) is 0 Å². The van der Waals surface area contributed by atoms with Crippen LogP contribution in [-0.4, -0.2) is 24.2 Å². The van der Waals surface area contributed by atoms with E-state index < -0.39 is 12.0 Å². The van der Waals surface area contributed by atoms with Gasteiger partial charge < -0.3 is 15.2 Å². The van der Waals surface area contributed by atoms with Gasteiger partial charge in [-0.05, 0) is 42.5 Å². The maximum absolute atomic E-state index is 11.2. The summed E-state index contributed by atoms with van der Waals surface area (Å²) in [7, 11) is 1.58. The van der Waals surface area contributed by atoms with Gasteiger partial charge in [-0.25, -0.2) is 0 Å². The van der Waals surface area contributed by atoms with Crippen LogP contribution in [0.25, 0.3) is 0 Å². The van der Waals surface area contributed by atoms with Gasteiger partial charge in [-0.2, -0.15) is 0 Å². The van der Waals surface area contributed by atoms with Gasteiger partial charge >= 0.3 is 5.97 Å². The van der Waals surface area contributed by atoms with Crippen LogP contribution in [0.2, 0.25) is 5.02 Å². The summed E-state index contributed by atoms with van der Waals surface area (Å²) >= 11 is 5.98. The molecular weight excluding hydrogens is 266 g/mol. The average molecular weight is 284 g/mol. The average Bonchev–Trinajstić information content (AvgIpc) is 2.30. The van der Waals surface area contributed by atoms with Crippen LogP contribution >= 0.6 is 11.6 Å². The topological polar surface area (TPSA) is 58.6 Å². The van der Waals surface area contributed by atoms with E-state index in [9.17, 15) is 9.90 Å².